The zero-order chi connectivity index (χ0) is 16.2. The summed E-state index contributed by atoms with van der Waals surface area (Å²) in [4.78, 5) is 18.7. The zero-order valence-electron chi connectivity index (χ0n) is 13.0. The maximum Gasteiger partial charge on any atom is 0.255 e. The van der Waals surface area contributed by atoms with Gasteiger partial charge in [-0.25, -0.2) is 4.98 Å². The van der Waals surface area contributed by atoms with Crippen LogP contribution in [0.3, 0.4) is 0 Å². The highest BCUT2D eigenvalue weighted by molar-refractivity contribution is 7.07. The van der Waals surface area contributed by atoms with Crippen molar-refractivity contribution in [2.24, 2.45) is 0 Å². The first-order valence-corrected chi connectivity index (χ1v) is 8.15. The lowest BCUT2D eigenvalue weighted by Gasteiger charge is -2.13. The Bertz CT molecular complexity index is 813. The highest BCUT2D eigenvalue weighted by Crippen LogP contribution is 2.23. The van der Waals surface area contributed by atoms with Gasteiger partial charge in [-0.3, -0.25) is 4.79 Å². The monoisotopic (exact) mass is 323 g/mol. The number of aromatic nitrogens is 1. The van der Waals surface area contributed by atoms with Crippen LogP contribution >= 0.6 is 11.3 Å². The number of amides is 1. The fraction of sp³-hybridized carbons (Fsp3) is 0.111. The molecule has 0 radical (unpaired) electrons. The first-order chi connectivity index (χ1) is 11.1. The number of rotatable bonds is 4. The Morgan fingerprint density at radius 3 is 2.70 bits per heavy atom. The molecule has 3 rings (SSSR count). The van der Waals surface area contributed by atoms with Crippen LogP contribution in [0.15, 0.2) is 59.4 Å². The van der Waals surface area contributed by atoms with Crippen LogP contribution in [-0.4, -0.2) is 25.0 Å². The van der Waals surface area contributed by atoms with E-state index >= 15 is 0 Å². The van der Waals surface area contributed by atoms with E-state index in [2.05, 4.69) is 10.3 Å². The predicted octanol–water partition coefficient (Wildman–Crippen LogP) is 4.13. The summed E-state index contributed by atoms with van der Waals surface area (Å²) in [5.74, 6) is -0.121. The molecule has 0 saturated carbocycles. The van der Waals surface area contributed by atoms with Crippen molar-refractivity contribution in [1.29, 1.82) is 0 Å². The van der Waals surface area contributed by atoms with Gasteiger partial charge in [0.1, 0.15) is 0 Å². The smallest absolute Gasteiger partial charge is 0.255 e. The first kappa shape index (κ1) is 15.2. The van der Waals surface area contributed by atoms with Crippen molar-refractivity contribution < 1.29 is 4.79 Å². The number of nitrogens with one attached hydrogen (secondary N) is 1. The number of hydrogen-bond acceptors (Lipinski definition) is 4. The Morgan fingerprint density at radius 1 is 1.13 bits per heavy atom. The summed E-state index contributed by atoms with van der Waals surface area (Å²) in [6, 6.07) is 15.3. The van der Waals surface area contributed by atoms with Crippen molar-refractivity contribution >= 4 is 28.6 Å². The number of anilines is 2. The van der Waals surface area contributed by atoms with E-state index in [-0.39, 0.29) is 5.91 Å². The number of hydrogen-bond donors (Lipinski definition) is 1. The van der Waals surface area contributed by atoms with Gasteiger partial charge in [0.25, 0.3) is 5.91 Å². The molecule has 0 unspecified atom stereocenters. The van der Waals surface area contributed by atoms with E-state index < -0.39 is 0 Å². The van der Waals surface area contributed by atoms with Gasteiger partial charge < -0.3 is 10.2 Å². The molecule has 0 aliphatic rings. The molecular formula is C18H17N3OS. The van der Waals surface area contributed by atoms with E-state index in [1.54, 1.807) is 16.8 Å². The molecule has 3 aromatic rings. The van der Waals surface area contributed by atoms with Crippen molar-refractivity contribution in [1.82, 2.24) is 4.98 Å². The third kappa shape index (κ3) is 3.57. The molecule has 1 N–H and O–H groups in total. The van der Waals surface area contributed by atoms with Gasteiger partial charge in [0.15, 0.2) is 0 Å². The topological polar surface area (TPSA) is 45.2 Å². The minimum atomic E-state index is -0.121. The number of benzene rings is 2. The lowest BCUT2D eigenvalue weighted by molar-refractivity contribution is 0.102. The van der Waals surface area contributed by atoms with Crippen LogP contribution in [-0.2, 0) is 0 Å². The van der Waals surface area contributed by atoms with Crippen molar-refractivity contribution in [3.63, 3.8) is 0 Å². The number of carbonyl (C=O) groups is 1. The molecule has 116 valence electrons. The van der Waals surface area contributed by atoms with E-state index in [9.17, 15) is 4.79 Å². The second-order valence-electron chi connectivity index (χ2n) is 5.35. The fourth-order valence-electron chi connectivity index (χ4n) is 2.24. The second-order valence-corrected chi connectivity index (χ2v) is 6.07. The van der Waals surface area contributed by atoms with E-state index in [1.807, 2.05) is 72.9 Å². The highest BCUT2D eigenvalue weighted by Gasteiger charge is 2.08. The Kier molecular flexibility index (Phi) is 4.39. The first-order valence-electron chi connectivity index (χ1n) is 7.21. The third-order valence-electron chi connectivity index (χ3n) is 3.47. The second kappa shape index (κ2) is 6.62. The molecule has 1 aromatic heterocycles. The average molecular weight is 323 g/mol. The van der Waals surface area contributed by atoms with E-state index in [0.717, 1.165) is 22.6 Å². The van der Waals surface area contributed by atoms with Gasteiger partial charge in [-0.05, 0) is 30.3 Å². The zero-order valence-corrected chi connectivity index (χ0v) is 13.8. The fourth-order valence-corrected chi connectivity index (χ4v) is 2.80. The van der Waals surface area contributed by atoms with Crippen LogP contribution in [0.25, 0.3) is 11.3 Å². The lowest BCUT2D eigenvalue weighted by Crippen LogP contribution is -2.14. The van der Waals surface area contributed by atoms with Gasteiger partial charge in [0.05, 0.1) is 11.2 Å². The molecule has 4 nitrogen and oxygen atoms in total. The molecule has 0 saturated heterocycles. The minimum Gasteiger partial charge on any atom is -0.378 e. The summed E-state index contributed by atoms with van der Waals surface area (Å²) in [6.45, 7) is 0. The standard InChI is InChI=1S/C18H17N3OS/c1-21(2)16-8-4-6-14(10-16)18(22)20-15-7-3-5-13(9-15)17-11-23-12-19-17/h3-12H,1-2H3,(H,20,22). The van der Waals surface area contributed by atoms with Crippen LogP contribution in [0.2, 0.25) is 0 Å². The molecule has 0 aliphatic carbocycles. The number of nitrogens with zero attached hydrogens (tertiary/aromatic N) is 2. The Morgan fingerprint density at radius 2 is 1.96 bits per heavy atom. The Labute approximate surface area is 139 Å². The SMILES string of the molecule is CN(C)c1cccc(C(=O)Nc2cccc(-c3cscn3)c2)c1. The summed E-state index contributed by atoms with van der Waals surface area (Å²) in [5.41, 5.74) is 6.10. The summed E-state index contributed by atoms with van der Waals surface area (Å²) in [5, 5.41) is 4.93. The molecule has 1 heterocycles. The Balaban J connectivity index is 1.80. The van der Waals surface area contributed by atoms with Crippen LogP contribution in [0, 0.1) is 0 Å². The van der Waals surface area contributed by atoms with Gasteiger partial charge in [-0.2, -0.15) is 0 Å². The number of carbonyl (C=O) groups excluding carboxylic acids is 1. The maximum absolute atomic E-state index is 12.4. The molecule has 0 atom stereocenters. The summed E-state index contributed by atoms with van der Waals surface area (Å²) in [7, 11) is 3.91. The molecule has 0 bridgehead atoms. The third-order valence-corrected chi connectivity index (χ3v) is 4.06. The molecule has 0 fully saturated rings. The van der Waals surface area contributed by atoms with Crippen molar-refractivity contribution in [2.75, 3.05) is 24.3 Å². The summed E-state index contributed by atoms with van der Waals surface area (Å²) < 4.78 is 0. The van der Waals surface area contributed by atoms with Gasteiger partial charge in [0, 0.05) is 42.0 Å². The van der Waals surface area contributed by atoms with Gasteiger partial charge >= 0.3 is 0 Å². The van der Waals surface area contributed by atoms with Crippen molar-refractivity contribution in [3.05, 3.63) is 65.0 Å². The minimum absolute atomic E-state index is 0.121. The summed E-state index contributed by atoms with van der Waals surface area (Å²) >= 11 is 1.55. The maximum atomic E-state index is 12.4. The molecule has 5 heteroatoms. The molecular weight excluding hydrogens is 306 g/mol. The van der Waals surface area contributed by atoms with Gasteiger partial charge in [-0.1, -0.05) is 18.2 Å². The molecule has 1 amide bonds. The van der Waals surface area contributed by atoms with Gasteiger partial charge in [0.2, 0.25) is 0 Å². The summed E-state index contributed by atoms with van der Waals surface area (Å²) in [6.07, 6.45) is 0. The van der Waals surface area contributed by atoms with E-state index in [1.165, 1.54) is 0 Å². The average Bonchev–Trinajstić information content (AvgIpc) is 3.10. The molecule has 2 aromatic carbocycles. The largest absolute Gasteiger partial charge is 0.378 e. The highest BCUT2D eigenvalue weighted by atomic mass is 32.1. The predicted molar refractivity (Wildman–Crippen MR) is 96.3 cm³/mol. The molecule has 0 spiro atoms. The molecule has 23 heavy (non-hydrogen) atoms. The van der Waals surface area contributed by atoms with Gasteiger partial charge in [-0.15, -0.1) is 11.3 Å². The number of thiazole rings is 1. The van der Waals surface area contributed by atoms with E-state index in [0.29, 0.717) is 5.56 Å². The van der Waals surface area contributed by atoms with Crippen LogP contribution in [0.5, 0.6) is 0 Å². The van der Waals surface area contributed by atoms with Crippen molar-refractivity contribution in [2.45, 2.75) is 0 Å². The van der Waals surface area contributed by atoms with Crippen molar-refractivity contribution in [3.8, 4) is 11.3 Å². The lowest BCUT2D eigenvalue weighted by atomic mass is 10.1. The van der Waals surface area contributed by atoms with Crippen LogP contribution in [0.1, 0.15) is 10.4 Å². The van der Waals surface area contributed by atoms with Crippen LogP contribution < -0.4 is 10.2 Å². The Hall–Kier alpha value is -2.66. The van der Waals surface area contributed by atoms with Crippen LogP contribution in [0.4, 0.5) is 11.4 Å². The normalized spacial score (nSPS) is 10.3. The molecule has 0 aliphatic heterocycles. The van der Waals surface area contributed by atoms with E-state index in [4.69, 9.17) is 0 Å². The quantitative estimate of drug-likeness (QED) is 0.785.